The SMILES string of the molecule is CC(=O)c1ccc([N+](=O)[O-])c2c([N+](=O)[O-])ccc(C(C)=O)c12. The van der Waals surface area contributed by atoms with Gasteiger partial charge in [0.2, 0.25) is 0 Å². The molecule has 0 aliphatic rings. The van der Waals surface area contributed by atoms with Gasteiger partial charge < -0.3 is 0 Å². The summed E-state index contributed by atoms with van der Waals surface area (Å²) in [6, 6.07) is 4.49. The first-order valence-electron chi connectivity index (χ1n) is 6.16. The van der Waals surface area contributed by atoms with Gasteiger partial charge in [-0.1, -0.05) is 0 Å². The highest BCUT2D eigenvalue weighted by atomic mass is 16.6. The summed E-state index contributed by atoms with van der Waals surface area (Å²) >= 11 is 0. The molecule has 22 heavy (non-hydrogen) atoms. The summed E-state index contributed by atoms with van der Waals surface area (Å²) in [5, 5.41) is 22.0. The number of non-ortho nitro benzene ring substituents is 2. The van der Waals surface area contributed by atoms with Crippen LogP contribution in [0.2, 0.25) is 0 Å². The Morgan fingerprint density at radius 1 is 0.773 bits per heavy atom. The lowest BCUT2D eigenvalue weighted by Gasteiger charge is -2.09. The number of carbonyl (C=O) groups is 2. The third-order valence-electron chi connectivity index (χ3n) is 3.27. The standard InChI is InChI=1S/C14H10N2O6/c1-7(17)9-3-5-11(15(19)20)14-12(16(21)22)6-4-10(8(2)18)13(9)14/h3-6H,1-2H3. The van der Waals surface area contributed by atoms with Crippen molar-refractivity contribution in [2.45, 2.75) is 13.8 Å². The fraction of sp³-hybridized carbons (Fsp3) is 0.143. The van der Waals surface area contributed by atoms with Crippen molar-refractivity contribution in [2.75, 3.05) is 0 Å². The Morgan fingerprint density at radius 3 is 1.41 bits per heavy atom. The van der Waals surface area contributed by atoms with Crippen LogP contribution in [0.15, 0.2) is 24.3 Å². The minimum atomic E-state index is -0.775. The van der Waals surface area contributed by atoms with E-state index in [-0.39, 0.29) is 21.9 Å². The van der Waals surface area contributed by atoms with Gasteiger partial charge in [-0.3, -0.25) is 29.8 Å². The number of Topliss-reactive ketones (excluding diaryl/α,β-unsaturated/α-hetero) is 2. The maximum Gasteiger partial charge on any atom is 0.284 e. The van der Waals surface area contributed by atoms with E-state index in [1.165, 1.54) is 26.0 Å². The molecule has 0 unspecified atom stereocenters. The predicted molar refractivity (Wildman–Crippen MR) is 77.3 cm³/mol. The quantitative estimate of drug-likeness (QED) is 0.486. The van der Waals surface area contributed by atoms with Crippen molar-refractivity contribution >= 4 is 33.7 Å². The van der Waals surface area contributed by atoms with Crippen LogP contribution in [0, 0.1) is 20.2 Å². The molecule has 2 rings (SSSR count). The number of hydrogen-bond donors (Lipinski definition) is 0. The minimum Gasteiger partial charge on any atom is -0.294 e. The Hall–Kier alpha value is -3.16. The van der Waals surface area contributed by atoms with Gasteiger partial charge in [0.1, 0.15) is 5.39 Å². The molecule has 2 aromatic carbocycles. The van der Waals surface area contributed by atoms with E-state index >= 15 is 0 Å². The third-order valence-corrected chi connectivity index (χ3v) is 3.27. The molecule has 2 aromatic rings. The molecule has 0 aliphatic carbocycles. The third kappa shape index (κ3) is 2.30. The Labute approximate surface area is 123 Å². The molecule has 0 fully saturated rings. The van der Waals surface area contributed by atoms with Crippen molar-refractivity contribution in [3.63, 3.8) is 0 Å². The van der Waals surface area contributed by atoms with E-state index in [1.807, 2.05) is 0 Å². The molecule has 0 N–H and O–H groups in total. The van der Waals surface area contributed by atoms with E-state index in [0.29, 0.717) is 0 Å². The molecule has 0 aliphatic heterocycles. The average Bonchev–Trinajstić information content (AvgIpc) is 2.43. The van der Waals surface area contributed by atoms with Gasteiger partial charge in [0.15, 0.2) is 11.6 Å². The zero-order valence-electron chi connectivity index (χ0n) is 11.7. The Balaban J connectivity index is 3.17. The second-order valence-corrected chi connectivity index (χ2v) is 4.64. The fourth-order valence-corrected chi connectivity index (χ4v) is 2.35. The van der Waals surface area contributed by atoms with Crippen molar-refractivity contribution in [1.82, 2.24) is 0 Å². The molecule has 112 valence electrons. The maximum absolute atomic E-state index is 11.7. The van der Waals surface area contributed by atoms with Crippen LogP contribution in [0.25, 0.3) is 10.8 Å². The molecule has 0 bridgehead atoms. The number of carbonyl (C=O) groups excluding carboxylic acids is 2. The monoisotopic (exact) mass is 302 g/mol. The Bertz CT molecular complexity index is 719. The number of hydrogen-bond acceptors (Lipinski definition) is 6. The maximum atomic E-state index is 11.7. The second kappa shape index (κ2) is 5.32. The Morgan fingerprint density at radius 2 is 1.14 bits per heavy atom. The van der Waals surface area contributed by atoms with Crippen LogP contribution in [-0.4, -0.2) is 21.4 Å². The molecule has 0 saturated carbocycles. The summed E-state index contributed by atoms with van der Waals surface area (Å²) in [7, 11) is 0. The van der Waals surface area contributed by atoms with Crippen molar-refractivity contribution in [2.24, 2.45) is 0 Å². The lowest BCUT2D eigenvalue weighted by Crippen LogP contribution is -2.04. The lowest BCUT2D eigenvalue weighted by atomic mass is 9.93. The molecule has 0 spiro atoms. The molecule has 0 heterocycles. The van der Waals surface area contributed by atoms with E-state index in [2.05, 4.69) is 0 Å². The number of rotatable bonds is 4. The number of nitrogens with zero attached hydrogens (tertiary/aromatic N) is 2. The number of fused-ring (bicyclic) bond motifs is 1. The van der Waals surface area contributed by atoms with Gasteiger partial charge in [0, 0.05) is 28.6 Å². The average molecular weight is 302 g/mol. The summed E-state index contributed by atoms with van der Waals surface area (Å²) in [5.74, 6) is -0.884. The van der Waals surface area contributed by atoms with Crippen LogP contribution in [-0.2, 0) is 0 Å². The van der Waals surface area contributed by atoms with E-state index in [4.69, 9.17) is 0 Å². The van der Waals surface area contributed by atoms with Crippen LogP contribution in [0.5, 0.6) is 0 Å². The molecule has 0 amide bonds. The normalized spacial score (nSPS) is 10.5. The molecule has 0 aromatic heterocycles. The topological polar surface area (TPSA) is 120 Å². The van der Waals surface area contributed by atoms with Gasteiger partial charge in [-0.05, 0) is 26.0 Å². The van der Waals surface area contributed by atoms with Crippen LogP contribution in [0.1, 0.15) is 34.6 Å². The summed E-state index contributed by atoms with van der Waals surface area (Å²) < 4.78 is 0. The van der Waals surface area contributed by atoms with Gasteiger partial charge in [-0.2, -0.15) is 0 Å². The predicted octanol–water partition coefficient (Wildman–Crippen LogP) is 3.06. The van der Waals surface area contributed by atoms with E-state index in [0.717, 1.165) is 12.1 Å². The minimum absolute atomic E-state index is 0.0366. The zero-order chi connectivity index (χ0) is 16.6. The molecule has 0 radical (unpaired) electrons. The van der Waals surface area contributed by atoms with Gasteiger partial charge in [-0.25, -0.2) is 0 Å². The smallest absolute Gasteiger partial charge is 0.284 e. The number of ketones is 2. The number of nitro groups is 2. The fourth-order valence-electron chi connectivity index (χ4n) is 2.35. The van der Waals surface area contributed by atoms with Crippen LogP contribution in [0.3, 0.4) is 0 Å². The van der Waals surface area contributed by atoms with Gasteiger partial charge in [0.25, 0.3) is 11.4 Å². The van der Waals surface area contributed by atoms with Gasteiger partial charge >= 0.3 is 0 Å². The first-order chi connectivity index (χ1) is 10.3. The van der Waals surface area contributed by atoms with Gasteiger partial charge in [-0.15, -0.1) is 0 Å². The van der Waals surface area contributed by atoms with Crippen molar-refractivity contribution < 1.29 is 19.4 Å². The molecule has 8 heteroatoms. The summed E-state index contributed by atoms with van der Waals surface area (Å²) in [6.45, 7) is 2.45. The highest BCUT2D eigenvalue weighted by Gasteiger charge is 2.27. The highest BCUT2D eigenvalue weighted by Crippen LogP contribution is 2.38. The molecule has 0 atom stereocenters. The van der Waals surface area contributed by atoms with E-state index < -0.39 is 32.8 Å². The van der Waals surface area contributed by atoms with Crippen molar-refractivity contribution in [1.29, 1.82) is 0 Å². The van der Waals surface area contributed by atoms with Crippen molar-refractivity contribution in [3.8, 4) is 0 Å². The zero-order valence-corrected chi connectivity index (χ0v) is 11.7. The van der Waals surface area contributed by atoms with Crippen LogP contribution < -0.4 is 0 Å². The Kier molecular flexibility index (Phi) is 3.68. The van der Waals surface area contributed by atoms with Crippen LogP contribution in [0.4, 0.5) is 11.4 Å². The highest BCUT2D eigenvalue weighted by molar-refractivity contribution is 6.19. The summed E-state index contributed by atoms with van der Waals surface area (Å²) in [6.07, 6.45) is 0. The number of benzene rings is 2. The second-order valence-electron chi connectivity index (χ2n) is 4.64. The van der Waals surface area contributed by atoms with E-state index in [9.17, 15) is 29.8 Å². The number of nitro benzene ring substituents is 2. The van der Waals surface area contributed by atoms with Crippen molar-refractivity contribution in [3.05, 3.63) is 55.6 Å². The summed E-state index contributed by atoms with van der Waals surface area (Å²) in [4.78, 5) is 44.3. The lowest BCUT2D eigenvalue weighted by molar-refractivity contribution is -0.390. The van der Waals surface area contributed by atoms with Gasteiger partial charge in [0.05, 0.1) is 9.85 Å². The largest absolute Gasteiger partial charge is 0.294 e. The van der Waals surface area contributed by atoms with E-state index in [1.54, 1.807) is 0 Å². The molecule has 8 nitrogen and oxygen atoms in total. The first kappa shape index (κ1) is 15.2. The first-order valence-corrected chi connectivity index (χ1v) is 6.16. The molecular weight excluding hydrogens is 292 g/mol. The van der Waals surface area contributed by atoms with Crippen LogP contribution >= 0.6 is 0 Å². The summed E-state index contributed by atoms with van der Waals surface area (Å²) in [5.41, 5.74) is -0.964. The molecular formula is C14H10N2O6. The molecule has 0 saturated heterocycles.